The minimum Gasteiger partial charge on any atom is -0.493 e. The smallest absolute Gasteiger partial charge is 0.165 e. The molecular weight excluding hydrogens is 282 g/mol. The molecule has 0 bridgehead atoms. The van der Waals surface area contributed by atoms with E-state index in [0.29, 0.717) is 0 Å². The van der Waals surface area contributed by atoms with Crippen molar-refractivity contribution < 1.29 is 9.47 Å². The molecule has 0 spiro atoms. The first-order valence-corrected chi connectivity index (χ1v) is 6.78. The van der Waals surface area contributed by atoms with Crippen molar-refractivity contribution in [2.75, 3.05) is 20.3 Å². The molecule has 1 aliphatic rings. The van der Waals surface area contributed by atoms with Gasteiger partial charge in [-0.1, -0.05) is 15.9 Å². The summed E-state index contributed by atoms with van der Waals surface area (Å²) in [6, 6.07) is 2.07. The molecule has 1 heterocycles. The van der Waals surface area contributed by atoms with Gasteiger partial charge in [0.15, 0.2) is 11.5 Å². The van der Waals surface area contributed by atoms with Gasteiger partial charge in [0.1, 0.15) is 0 Å². The number of benzene rings is 1. The van der Waals surface area contributed by atoms with Gasteiger partial charge in [0, 0.05) is 16.5 Å². The molecule has 0 amide bonds. The fraction of sp³-hybridized carbons (Fsp3) is 0.538. The van der Waals surface area contributed by atoms with Gasteiger partial charge in [-0.05, 0) is 37.4 Å². The summed E-state index contributed by atoms with van der Waals surface area (Å²) in [5, 5.41) is 0. The average molecular weight is 300 g/mol. The van der Waals surface area contributed by atoms with Crippen LogP contribution in [0.25, 0.3) is 0 Å². The van der Waals surface area contributed by atoms with E-state index in [9.17, 15) is 0 Å². The standard InChI is InChI=1S/C13H18BrNO2/c1-16-11-8-9(4-2-3-6-15)12(14)10-5-7-17-13(10)11/h8H,2-7,15H2,1H3. The van der Waals surface area contributed by atoms with E-state index in [4.69, 9.17) is 15.2 Å². The van der Waals surface area contributed by atoms with Crippen molar-refractivity contribution in [2.45, 2.75) is 25.7 Å². The predicted molar refractivity (Wildman–Crippen MR) is 71.9 cm³/mol. The SMILES string of the molecule is COc1cc(CCCCN)c(Br)c2c1OCC2. The lowest BCUT2D eigenvalue weighted by Gasteiger charge is -2.12. The lowest BCUT2D eigenvalue weighted by Crippen LogP contribution is -2.00. The molecule has 0 saturated heterocycles. The van der Waals surface area contributed by atoms with Crippen LogP contribution in [0.3, 0.4) is 0 Å². The van der Waals surface area contributed by atoms with Gasteiger partial charge in [0.05, 0.1) is 13.7 Å². The fourth-order valence-electron chi connectivity index (χ4n) is 2.16. The van der Waals surface area contributed by atoms with E-state index in [1.54, 1.807) is 7.11 Å². The minimum absolute atomic E-state index is 0.747. The quantitative estimate of drug-likeness (QED) is 0.850. The van der Waals surface area contributed by atoms with Crippen molar-refractivity contribution in [1.29, 1.82) is 0 Å². The van der Waals surface area contributed by atoms with E-state index in [2.05, 4.69) is 22.0 Å². The number of hydrogen-bond acceptors (Lipinski definition) is 3. The number of methoxy groups -OCH3 is 1. The Morgan fingerprint density at radius 3 is 3.00 bits per heavy atom. The van der Waals surface area contributed by atoms with Crippen molar-refractivity contribution >= 4 is 15.9 Å². The van der Waals surface area contributed by atoms with Crippen molar-refractivity contribution in [3.8, 4) is 11.5 Å². The molecule has 3 nitrogen and oxygen atoms in total. The molecule has 0 aliphatic carbocycles. The fourth-order valence-corrected chi connectivity index (χ4v) is 2.85. The first kappa shape index (κ1) is 12.7. The molecule has 0 radical (unpaired) electrons. The van der Waals surface area contributed by atoms with Crippen LogP contribution in [0, 0.1) is 0 Å². The van der Waals surface area contributed by atoms with Crippen molar-refractivity contribution in [2.24, 2.45) is 5.73 Å². The zero-order valence-electron chi connectivity index (χ0n) is 10.1. The molecule has 94 valence electrons. The van der Waals surface area contributed by atoms with Crippen LogP contribution in [0.5, 0.6) is 11.5 Å². The van der Waals surface area contributed by atoms with Crippen LogP contribution in [-0.2, 0) is 12.8 Å². The van der Waals surface area contributed by atoms with Gasteiger partial charge >= 0.3 is 0 Å². The topological polar surface area (TPSA) is 44.5 Å². The lowest BCUT2D eigenvalue weighted by atomic mass is 10.0. The zero-order chi connectivity index (χ0) is 12.3. The third kappa shape index (κ3) is 2.58. The molecule has 0 atom stereocenters. The van der Waals surface area contributed by atoms with E-state index in [1.807, 2.05) is 0 Å². The van der Waals surface area contributed by atoms with E-state index >= 15 is 0 Å². The Labute approximate surface area is 110 Å². The average Bonchev–Trinajstić information content (AvgIpc) is 2.82. The van der Waals surface area contributed by atoms with Crippen molar-refractivity contribution in [3.63, 3.8) is 0 Å². The van der Waals surface area contributed by atoms with Crippen LogP contribution in [0.2, 0.25) is 0 Å². The maximum Gasteiger partial charge on any atom is 0.165 e. The first-order valence-electron chi connectivity index (χ1n) is 5.99. The third-order valence-electron chi connectivity index (χ3n) is 3.07. The van der Waals surface area contributed by atoms with E-state index < -0.39 is 0 Å². The molecule has 0 aromatic heterocycles. The number of unbranched alkanes of at least 4 members (excludes halogenated alkanes) is 1. The molecule has 2 rings (SSSR count). The number of hydrogen-bond donors (Lipinski definition) is 1. The highest BCUT2D eigenvalue weighted by molar-refractivity contribution is 9.10. The van der Waals surface area contributed by atoms with Gasteiger partial charge in [-0.2, -0.15) is 0 Å². The number of rotatable bonds is 5. The third-order valence-corrected chi connectivity index (χ3v) is 4.06. The molecule has 1 aliphatic heterocycles. The van der Waals surface area contributed by atoms with Gasteiger partial charge < -0.3 is 15.2 Å². The molecule has 2 N–H and O–H groups in total. The Hall–Kier alpha value is -0.740. The van der Waals surface area contributed by atoms with E-state index in [0.717, 1.165) is 50.3 Å². The summed E-state index contributed by atoms with van der Waals surface area (Å²) in [5.74, 6) is 1.75. The van der Waals surface area contributed by atoms with E-state index in [1.165, 1.54) is 15.6 Å². The molecular formula is C13H18BrNO2. The van der Waals surface area contributed by atoms with Crippen LogP contribution >= 0.6 is 15.9 Å². The van der Waals surface area contributed by atoms with Crippen LogP contribution < -0.4 is 15.2 Å². The Kier molecular flexibility index (Phi) is 4.29. The largest absolute Gasteiger partial charge is 0.493 e. The second-order valence-electron chi connectivity index (χ2n) is 4.20. The predicted octanol–water partition coefficient (Wildman–Crippen LogP) is 2.67. The monoisotopic (exact) mass is 299 g/mol. The van der Waals surface area contributed by atoms with Gasteiger partial charge in [0.2, 0.25) is 0 Å². The van der Waals surface area contributed by atoms with Crippen LogP contribution in [0.15, 0.2) is 10.5 Å². The summed E-state index contributed by atoms with van der Waals surface area (Å²) in [4.78, 5) is 0. The Bertz CT molecular complexity index is 407. The van der Waals surface area contributed by atoms with Crippen LogP contribution in [0.4, 0.5) is 0 Å². The van der Waals surface area contributed by atoms with Crippen molar-refractivity contribution in [3.05, 3.63) is 21.7 Å². The molecule has 0 unspecified atom stereocenters. The van der Waals surface area contributed by atoms with Gasteiger partial charge in [-0.3, -0.25) is 0 Å². The second-order valence-corrected chi connectivity index (χ2v) is 5.00. The number of nitrogens with two attached hydrogens (primary N) is 1. The Morgan fingerprint density at radius 2 is 2.29 bits per heavy atom. The molecule has 1 aromatic rings. The van der Waals surface area contributed by atoms with Gasteiger partial charge in [-0.25, -0.2) is 0 Å². The molecule has 17 heavy (non-hydrogen) atoms. The lowest BCUT2D eigenvalue weighted by molar-refractivity contribution is 0.326. The number of aryl methyl sites for hydroxylation is 1. The first-order chi connectivity index (χ1) is 8.27. The van der Waals surface area contributed by atoms with E-state index in [-0.39, 0.29) is 0 Å². The van der Waals surface area contributed by atoms with Crippen molar-refractivity contribution in [1.82, 2.24) is 0 Å². The summed E-state index contributed by atoms with van der Waals surface area (Å²) in [6.07, 6.45) is 4.15. The summed E-state index contributed by atoms with van der Waals surface area (Å²) in [5.41, 5.74) is 8.05. The number of halogens is 1. The maximum absolute atomic E-state index is 5.61. The maximum atomic E-state index is 5.61. The second kappa shape index (κ2) is 5.74. The molecule has 0 fully saturated rings. The van der Waals surface area contributed by atoms with Gasteiger partial charge in [0.25, 0.3) is 0 Å². The van der Waals surface area contributed by atoms with Crippen LogP contribution in [0.1, 0.15) is 24.0 Å². The molecule has 0 saturated carbocycles. The van der Waals surface area contributed by atoms with Crippen LogP contribution in [-0.4, -0.2) is 20.3 Å². The minimum atomic E-state index is 0.747. The number of ether oxygens (including phenoxy) is 2. The van der Waals surface area contributed by atoms with Gasteiger partial charge in [-0.15, -0.1) is 0 Å². The highest BCUT2D eigenvalue weighted by atomic mass is 79.9. The Morgan fingerprint density at radius 1 is 1.47 bits per heavy atom. The highest BCUT2D eigenvalue weighted by Gasteiger charge is 2.22. The molecule has 4 heteroatoms. The summed E-state index contributed by atoms with van der Waals surface area (Å²) in [6.45, 7) is 1.50. The molecule has 1 aromatic carbocycles. The summed E-state index contributed by atoms with van der Waals surface area (Å²) >= 11 is 3.68. The summed E-state index contributed by atoms with van der Waals surface area (Å²) in [7, 11) is 1.69. The Balaban J connectivity index is 2.27. The zero-order valence-corrected chi connectivity index (χ0v) is 11.7. The normalized spacial score (nSPS) is 13.4. The number of fused-ring (bicyclic) bond motifs is 1. The highest BCUT2D eigenvalue weighted by Crippen LogP contribution is 2.42. The summed E-state index contributed by atoms with van der Waals surface area (Å²) < 4.78 is 12.2.